The molecule has 1 amide bonds. The number of hydrogen-bond acceptors (Lipinski definition) is 3. The van der Waals surface area contributed by atoms with Crippen LogP contribution in [0.2, 0.25) is 0 Å². The molecule has 2 fully saturated rings. The highest BCUT2D eigenvalue weighted by Crippen LogP contribution is 2.29. The number of hydrogen-bond donors (Lipinski definition) is 0. The normalized spacial score (nSPS) is 23.7. The molecule has 1 heterocycles. The highest BCUT2D eigenvalue weighted by Gasteiger charge is 2.32. The maximum absolute atomic E-state index is 12.5. The smallest absolute Gasteiger partial charge is 0.225 e. The first-order chi connectivity index (χ1) is 12.0. The summed E-state index contributed by atoms with van der Waals surface area (Å²) in [6.45, 7) is 14.2. The van der Waals surface area contributed by atoms with E-state index in [1.54, 1.807) is 6.92 Å². The average molecular weight is 356 g/mol. The van der Waals surface area contributed by atoms with Gasteiger partial charge in [-0.05, 0) is 52.4 Å². The highest BCUT2D eigenvalue weighted by molar-refractivity contribution is 5.81. The number of amides is 1. The van der Waals surface area contributed by atoms with Gasteiger partial charge in [0.05, 0.1) is 6.10 Å². The van der Waals surface area contributed by atoms with Crippen LogP contribution in [0.3, 0.4) is 0 Å². The lowest BCUT2D eigenvalue weighted by Crippen LogP contribution is -2.44. The molecule has 0 aromatic rings. The van der Waals surface area contributed by atoms with Gasteiger partial charge in [-0.2, -0.15) is 0 Å². The van der Waals surface area contributed by atoms with Crippen LogP contribution in [-0.4, -0.2) is 42.4 Å². The van der Waals surface area contributed by atoms with E-state index in [2.05, 4.69) is 13.8 Å². The summed E-state index contributed by atoms with van der Waals surface area (Å²) >= 11 is 0. The minimum Gasteiger partial charge on any atom is -0.379 e. The Morgan fingerprint density at radius 2 is 1.36 bits per heavy atom. The van der Waals surface area contributed by atoms with Crippen molar-refractivity contribution >= 4 is 11.7 Å². The number of ketones is 1. The van der Waals surface area contributed by atoms with Crippen molar-refractivity contribution in [1.29, 1.82) is 0 Å². The predicted molar refractivity (Wildman–Crippen MR) is 105 cm³/mol. The second-order valence-corrected chi connectivity index (χ2v) is 6.85. The Kier molecular flexibility index (Phi) is 13.8. The lowest BCUT2D eigenvalue weighted by Gasteiger charge is -2.35. The van der Waals surface area contributed by atoms with E-state index < -0.39 is 0 Å². The Balaban J connectivity index is 0.00000104. The number of piperidine rings is 1. The summed E-state index contributed by atoms with van der Waals surface area (Å²) in [5.41, 5.74) is 0. The number of nitrogens with zero attached hydrogens (tertiary/aromatic N) is 1. The fraction of sp³-hybridized carbons (Fsp3) is 0.905. The van der Waals surface area contributed by atoms with Crippen LogP contribution in [0.25, 0.3) is 0 Å². The summed E-state index contributed by atoms with van der Waals surface area (Å²) in [7, 11) is 0. The fourth-order valence-corrected chi connectivity index (χ4v) is 3.48. The molecule has 1 saturated carbocycles. The van der Waals surface area contributed by atoms with Gasteiger partial charge in [0, 0.05) is 31.5 Å². The van der Waals surface area contributed by atoms with Crippen LogP contribution in [0.4, 0.5) is 0 Å². The molecule has 1 saturated heterocycles. The molecule has 4 nitrogen and oxygen atoms in total. The van der Waals surface area contributed by atoms with Crippen molar-refractivity contribution in [2.45, 2.75) is 92.6 Å². The van der Waals surface area contributed by atoms with E-state index in [1.807, 2.05) is 25.7 Å². The second kappa shape index (κ2) is 14.3. The summed E-state index contributed by atoms with van der Waals surface area (Å²) in [5, 5.41) is 0. The molecule has 2 aliphatic rings. The van der Waals surface area contributed by atoms with Gasteiger partial charge in [0.25, 0.3) is 0 Å². The topological polar surface area (TPSA) is 46.6 Å². The van der Waals surface area contributed by atoms with Crippen molar-refractivity contribution < 1.29 is 14.3 Å². The molecule has 0 aromatic carbocycles. The maximum atomic E-state index is 12.5. The third kappa shape index (κ3) is 8.84. The number of Topliss-reactive ketones (excluding diaryl/α,β-unsaturated/α-hetero) is 1. The fourth-order valence-electron chi connectivity index (χ4n) is 3.48. The molecule has 0 aromatic heterocycles. The molecule has 1 aliphatic heterocycles. The molecule has 2 rings (SSSR count). The Bertz CT molecular complexity index is 354. The van der Waals surface area contributed by atoms with Crippen molar-refractivity contribution in [2.75, 3.05) is 19.7 Å². The van der Waals surface area contributed by atoms with Crippen molar-refractivity contribution in [2.24, 2.45) is 11.8 Å². The van der Waals surface area contributed by atoms with Crippen molar-refractivity contribution in [3.05, 3.63) is 0 Å². The molecule has 1 aliphatic carbocycles. The third-order valence-electron chi connectivity index (χ3n) is 4.81. The minimum atomic E-state index is 0.174. The Labute approximate surface area is 155 Å². The first-order valence-electron chi connectivity index (χ1n) is 10.4. The molecule has 0 atom stereocenters. The number of carbonyl (C=O) groups excluding carboxylic acids is 2. The Morgan fingerprint density at radius 1 is 0.880 bits per heavy atom. The SMILES string of the molecule is CC.CCC.CCOC1CCC(C(=O)N2CCC(C(C)=O)CC2)CC1. The largest absolute Gasteiger partial charge is 0.379 e. The van der Waals surface area contributed by atoms with E-state index in [0.717, 1.165) is 58.2 Å². The summed E-state index contributed by atoms with van der Waals surface area (Å²) in [4.78, 5) is 25.8. The Hall–Kier alpha value is -0.900. The molecule has 0 unspecified atom stereocenters. The van der Waals surface area contributed by atoms with Crippen LogP contribution in [0, 0.1) is 11.8 Å². The van der Waals surface area contributed by atoms with Crippen LogP contribution in [0.5, 0.6) is 0 Å². The molecule has 0 radical (unpaired) electrons. The zero-order chi connectivity index (χ0) is 19.2. The Morgan fingerprint density at radius 3 is 1.76 bits per heavy atom. The predicted octanol–water partition coefficient (Wildman–Crippen LogP) is 4.85. The van der Waals surface area contributed by atoms with E-state index in [4.69, 9.17) is 4.74 Å². The summed E-state index contributed by atoms with van der Waals surface area (Å²) < 4.78 is 5.63. The zero-order valence-electron chi connectivity index (χ0n) is 17.5. The highest BCUT2D eigenvalue weighted by atomic mass is 16.5. The van der Waals surface area contributed by atoms with Crippen LogP contribution in [0.15, 0.2) is 0 Å². The van der Waals surface area contributed by atoms with Gasteiger partial charge < -0.3 is 9.64 Å². The summed E-state index contributed by atoms with van der Waals surface area (Å²) in [6, 6.07) is 0. The summed E-state index contributed by atoms with van der Waals surface area (Å²) in [6.07, 6.45) is 7.21. The molecule has 0 spiro atoms. The van der Waals surface area contributed by atoms with Gasteiger partial charge in [0.15, 0.2) is 0 Å². The van der Waals surface area contributed by atoms with E-state index >= 15 is 0 Å². The van der Waals surface area contributed by atoms with Gasteiger partial charge >= 0.3 is 0 Å². The number of carbonyl (C=O) groups is 2. The summed E-state index contributed by atoms with van der Waals surface area (Å²) in [5.74, 6) is 0.935. The standard InChI is InChI=1S/C16H27NO3.C3H8.C2H6/c1-3-20-15-6-4-14(5-7-15)16(19)17-10-8-13(9-11-17)12(2)18;1-3-2;1-2/h13-15H,3-11H2,1-2H3;3H2,1-2H3;1-2H3. The van der Waals surface area contributed by atoms with Crippen molar-refractivity contribution in [1.82, 2.24) is 4.90 Å². The van der Waals surface area contributed by atoms with E-state index in [1.165, 1.54) is 6.42 Å². The van der Waals surface area contributed by atoms with Crippen LogP contribution in [-0.2, 0) is 14.3 Å². The first-order valence-corrected chi connectivity index (χ1v) is 10.4. The minimum absolute atomic E-state index is 0.174. The van der Waals surface area contributed by atoms with E-state index in [-0.39, 0.29) is 17.6 Å². The van der Waals surface area contributed by atoms with Crippen LogP contribution < -0.4 is 0 Å². The van der Waals surface area contributed by atoms with Crippen LogP contribution >= 0.6 is 0 Å². The van der Waals surface area contributed by atoms with Crippen molar-refractivity contribution in [3.63, 3.8) is 0 Å². The molecule has 148 valence electrons. The van der Waals surface area contributed by atoms with E-state index in [0.29, 0.717) is 12.0 Å². The molecular formula is C21H41NO3. The maximum Gasteiger partial charge on any atom is 0.225 e. The zero-order valence-corrected chi connectivity index (χ0v) is 17.5. The average Bonchev–Trinajstić information content (AvgIpc) is 2.64. The monoisotopic (exact) mass is 355 g/mol. The molecular weight excluding hydrogens is 314 g/mol. The quantitative estimate of drug-likeness (QED) is 0.724. The lowest BCUT2D eigenvalue weighted by molar-refractivity contribution is -0.140. The number of ether oxygens (including phenoxy) is 1. The third-order valence-corrected chi connectivity index (χ3v) is 4.81. The molecule has 0 bridgehead atoms. The van der Waals surface area contributed by atoms with Gasteiger partial charge in [-0.15, -0.1) is 0 Å². The second-order valence-electron chi connectivity index (χ2n) is 6.85. The van der Waals surface area contributed by atoms with Gasteiger partial charge in [-0.1, -0.05) is 34.1 Å². The lowest BCUT2D eigenvalue weighted by atomic mass is 9.85. The molecule has 4 heteroatoms. The van der Waals surface area contributed by atoms with Crippen molar-refractivity contribution in [3.8, 4) is 0 Å². The number of rotatable bonds is 4. The van der Waals surface area contributed by atoms with Gasteiger partial charge in [0.2, 0.25) is 5.91 Å². The number of likely N-dealkylation sites (tertiary alicyclic amines) is 1. The van der Waals surface area contributed by atoms with Crippen LogP contribution in [0.1, 0.15) is 86.5 Å². The van der Waals surface area contributed by atoms with Gasteiger partial charge in [-0.3, -0.25) is 9.59 Å². The van der Waals surface area contributed by atoms with Gasteiger partial charge in [0.1, 0.15) is 5.78 Å². The molecule has 25 heavy (non-hydrogen) atoms. The first kappa shape index (κ1) is 24.1. The van der Waals surface area contributed by atoms with Gasteiger partial charge in [-0.25, -0.2) is 0 Å². The van der Waals surface area contributed by atoms with E-state index in [9.17, 15) is 9.59 Å². The molecule has 0 N–H and O–H groups in total.